The Labute approximate surface area is 118 Å². The van der Waals surface area contributed by atoms with Gasteiger partial charge < -0.3 is 4.74 Å². The smallest absolute Gasteiger partial charge is 0.292 e. The Balaban J connectivity index is 3.35. The Kier molecular flexibility index (Phi) is 11.6. The molecule has 116 valence electrons. The molecule has 0 aromatic heterocycles. The van der Waals surface area contributed by atoms with E-state index >= 15 is 0 Å². The Morgan fingerprint density at radius 2 is 1.32 bits per heavy atom. The number of hydrogen-bond donors (Lipinski definition) is 1. The van der Waals surface area contributed by atoms with E-state index in [1.807, 2.05) is 0 Å². The Morgan fingerprint density at radius 1 is 0.895 bits per heavy atom. The van der Waals surface area contributed by atoms with E-state index in [-0.39, 0.29) is 0 Å². The first kappa shape index (κ1) is 18.9. The van der Waals surface area contributed by atoms with Crippen molar-refractivity contribution in [1.82, 2.24) is 0 Å². The fraction of sp³-hybridized carbons (Fsp3) is 1.00. The van der Waals surface area contributed by atoms with Crippen molar-refractivity contribution in [2.45, 2.75) is 83.0 Å². The number of methoxy groups -OCH3 is 1. The molecule has 0 fully saturated rings. The van der Waals surface area contributed by atoms with Crippen LogP contribution in [0.15, 0.2) is 0 Å². The molecule has 0 spiro atoms. The molecule has 5 heteroatoms. The molecular weight excluding hydrogens is 264 g/mol. The van der Waals surface area contributed by atoms with Crippen LogP contribution in [0.4, 0.5) is 0 Å². The maximum Gasteiger partial charge on any atom is 0.292 e. The topological polar surface area (TPSA) is 63.6 Å². The Hall–Kier alpha value is -0.130. The first-order valence-electron chi connectivity index (χ1n) is 7.51. The van der Waals surface area contributed by atoms with Gasteiger partial charge in [-0.15, -0.1) is 0 Å². The average molecular weight is 294 g/mol. The lowest BCUT2D eigenvalue weighted by atomic mass is 10.1. The third-order valence-corrected chi connectivity index (χ3v) is 4.48. The summed E-state index contributed by atoms with van der Waals surface area (Å²) in [5.41, 5.74) is -1.05. The first-order valence-corrected chi connectivity index (χ1v) is 9.01. The molecular formula is C14H30O4S. The highest BCUT2D eigenvalue weighted by Gasteiger charge is 2.21. The maximum absolute atomic E-state index is 10.9. The van der Waals surface area contributed by atoms with E-state index in [0.29, 0.717) is 6.42 Å². The monoisotopic (exact) mass is 294 g/mol. The minimum Gasteiger partial charge on any atom is -0.363 e. The summed E-state index contributed by atoms with van der Waals surface area (Å²) in [6.07, 6.45) is 12.4. The Morgan fingerprint density at radius 3 is 1.68 bits per heavy atom. The van der Waals surface area contributed by atoms with E-state index in [0.717, 1.165) is 19.3 Å². The van der Waals surface area contributed by atoms with Crippen LogP contribution in [-0.4, -0.2) is 25.5 Å². The molecule has 1 N–H and O–H groups in total. The van der Waals surface area contributed by atoms with Crippen molar-refractivity contribution in [1.29, 1.82) is 0 Å². The third-order valence-electron chi connectivity index (χ3n) is 3.39. The van der Waals surface area contributed by atoms with Gasteiger partial charge in [0.1, 0.15) is 0 Å². The fourth-order valence-electron chi connectivity index (χ4n) is 2.19. The maximum atomic E-state index is 10.9. The summed E-state index contributed by atoms with van der Waals surface area (Å²) in [7, 11) is -2.73. The predicted octanol–water partition coefficient (Wildman–Crippen LogP) is 4.16. The van der Waals surface area contributed by atoms with Gasteiger partial charge in [-0.3, -0.25) is 4.55 Å². The van der Waals surface area contributed by atoms with Gasteiger partial charge in [0, 0.05) is 7.11 Å². The lowest BCUT2D eigenvalue weighted by Gasteiger charge is -2.11. The van der Waals surface area contributed by atoms with Gasteiger partial charge in [-0.05, 0) is 12.8 Å². The zero-order chi connectivity index (χ0) is 14.6. The third kappa shape index (κ3) is 11.4. The second-order valence-electron chi connectivity index (χ2n) is 5.15. The highest BCUT2D eigenvalue weighted by Crippen LogP contribution is 2.14. The molecule has 0 rings (SSSR count). The van der Waals surface area contributed by atoms with Crippen LogP contribution >= 0.6 is 0 Å². The number of hydrogen-bond acceptors (Lipinski definition) is 3. The van der Waals surface area contributed by atoms with Gasteiger partial charge in [0.05, 0.1) is 0 Å². The van der Waals surface area contributed by atoms with Crippen LogP contribution in [-0.2, 0) is 14.9 Å². The van der Waals surface area contributed by atoms with Gasteiger partial charge in [0.25, 0.3) is 10.1 Å². The molecule has 0 saturated heterocycles. The number of ether oxygens (including phenoxy) is 1. The second kappa shape index (κ2) is 11.7. The van der Waals surface area contributed by atoms with E-state index in [4.69, 9.17) is 9.29 Å². The lowest BCUT2D eigenvalue weighted by Crippen LogP contribution is -2.22. The molecule has 0 heterocycles. The quantitative estimate of drug-likeness (QED) is 0.409. The largest absolute Gasteiger partial charge is 0.363 e. The van der Waals surface area contributed by atoms with Crippen LogP contribution in [0, 0.1) is 0 Å². The molecule has 0 saturated carbocycles. The number of unbranched alkanes of at least 4 members (excludes halogenated alkanes) is 9. The minimum absolute atomic E-state index is 0.381. The fourth-order valence-corrected chi connectivity index (χ4v) is 2.89. The van der Waals surface area contributed by atoms with Crippen LogP contribution in [0.2, 0.25) is 0 Å². The molecule has 0 bridgehead atoms. The van der Waals surface area contributed by atoms with Gasteiger partial charge >= 0.3 is 0 Å². The van der Waals surface area contributed by atoms with Crippen molar-refractivity contribution in [2.75, 3.05) is 7.11 Å². The molecule has 4 nitrogen and oxygen atoms in total. The van der Waals surface area contributed by atoms with E-state index in [9.17, 15) is 8.42 Å². The molecule has 0 aliphatic carbocycles. The van der Waals surface area contributed by atoms with Crippen LogP contribution in [0.5, 0.6) is 0 Å². The highest BCUT2D eigenvalue weighted by molar-refractivity contribution is 7.86. The minimum atomic E-state index is -4.05. The van der Waals surface area contributed by atoms with Crippen molar-refractivity contribution in [3.05, 3.63) is 0 Å². The first-order chi connectivity index (χ1) is 9.02. The summed E-state index contributed by atoms with van der Waals surface area (Å²) in [4.78, 5) is 0. The second-order valence-corrected chi connectivity index (χ2v) is 6.71. The summed E-state index contributed by atoms with van der Waals surface area (Å²) < 4.78 is 35.4. The van der Waals surface area contributed by atoms with Crippen molar-refractivity contribution >= 4 is 10.1 Å². The summed E-state index contributed by atoms with van der Waals surface area (Å²) >= 11 is 0. The Bertz CT molecular complexity index is 288. The van der Waals surface area contributed by atoms with Crippen LogP contribution in [0.25, 0.3) is 0 Å². The molecule has 0 aliphatic rings. The average Bonchev–Trinajstić information content (AvgIpc) is 2.34. The van der Waals surface area contributed by atoms with E-state index in [1.165, 1.54) is 52.1 Å². The zero-order valence-corrected chi connectivity index (χ0v) is 13.3. The van der Waals surface area contributed by atoms with Gasteiger partial charge in [0.2, 0.25) is 0 Å². The normalized spacial score (nSPS) is 13.6. The van der Waals surface area contributed by atoms with E-state index < -0.39 is 15.6 Å². The van der Waals surface area contributed by atoms with Crippen molar-refractivity contribution in [3.63, 3.8) is 0 Å². The highest BCUT2D eigenvalue weighted by atomic mass is 32.2. The van der Waals surface area contributed by atoms with E-state index in [2.05, 4.69) is 6.92 Å². The van der Waals surface area contributed by atoms with Gasteiger partial charge in [0.15, 0.2) is 5.44 Å². The van der Waals surface area contributed by atoms with Crippen molar-refractivity contribution in [3.8, 4) is 0 Å². The van der Waals surface area contributed by atoms with Gasteiger partial charge in [-0.2, -0.15) is 8.42 Å². The molecule has 0 radical (unpaired) electrons. The molecule has 1 atom stereocenters. The summed E-state index contributed by atoms with van der Waals surface area (Å²) in [6, 6.07) is 0. The zero-order valence-electron chi connectivity index (χ0n) is 12.4. The molecule has 1 unspecified atom stereocenters. The van der Waals surface area contributed by atoms with Crippen molar-refractivity contribution in [2.24, 2.45) is 0 Å². The standard InChI is InChI=1S/C14H30O4S/c1-3-4-5-6-7-8-9-10-11-12-13-14(18-2)19(15,16)17/h14H,3-13H2,1-2H3,(H,15,16,17). The lowest BCUT2D eigenvalue weighted by molar-refractivity contribution is 0.145. The summed E-state index contributed by atoms with van der Waals surface area (Å²) in [5, 5.41) is 0. The van der Waals surface area contributed by atoms with Crippen molar-refractivity contribution < 1.29 is 17.7 Å². The SMILES string of the molecule is CCCCCCCCCCCCC(OC)S(=O)(=O)O. The van der Waals surface area contributed by atoms with Gasteiger partial charge in [-0.1, -0.05) is 64.7 Å². The molecule has 19 heavy (non-hydrogen) atoms. The predicted molar refractivity (Wildman–Crippen MR) is 78.8 cm³/mol. The molecule has 0 aromatic rings. The van der Waals surface area contributed by atoms with E-state index in [1.54, 1.807) is 0 Å². The van der Waals surface area contributed by atoms with Crippen LogP contribution < -0.4 is 0 Å². The summed E-state index contributed by atoms with van der Waals surface area (Å²) in [5.74, 6) is 0. The molecule has 0 amide bonds. The number of rotatable bonds is 13. The molecule has 0 aromatic carbocycles. The van der Waals surface area contributed by atoms with Crippen LogP contribution in [0.1, 0.15) is 77.6 Å². The van der Waals surface area contributed by atoms with Crippen LogP contribution in [0.3, 0.4) is 0 Å². The summed E-state index contributed by atoms with van der Waals surface area (Å²) in [6.45, 7) is 2.22. The molecule has 0 aliphatic heterocycles. The van der Waals surface area contributed by atoms with Gasteiger partial charge in [-0.25, -0.2) is 0 Å².